The van der Waals surface area contributed by atoms with Crippen LogP contribution in [0.3, 0.4) is 0 Å². The van der Waals surface area contributed by atoms with Gasteiger partial charge in [0.05, 0.1) is 12.0 Å². The number of rotatable bonds is 13. The van der Waals surface area contributed by atoms with Gasteiger partial charge in [-0.2, -0.15) is 0 Å². The molecule has 1 aliphatic heterocycles. The molecule has 1 heterocycles. The minimum absolute atomic E-state index is 0.0182. The number of nitrogens with one attached hydrogen (secondary N) is 1. The van der Waals surface area contributed by atoms with Gasteiger partial charge in [0.1, 0.15) is 0 Å². The average molecular weight is 323 g/mol. The lowest BCUT2D eigenvalue weighted by molar-refractivity contribution is -0.140. The van der Waals surface area contributed by atoms with Gasteiger partial charge >= 0.3 is 5.97 Å². The number of ketones is 1. The van der Waals surface area contributed by atoms with Crippen LogP contribution in [0.25, 0.3) is 0 Å². The number of carboxylic acid groups (broad SMARTS) is 1. The monoisotopic (exact) mass is 323 g/mol. The Hall–Kier alpha value is -1.16. The smallest absolute Gasteiger partial charge is 0.310 e. The Bertz CT molecular complexity index is 373. The molecule has 1 saturated heterocycles. The van der Waals surface area contributed by atoms with Crippen LogP contribution in [0.1, 0.15) is 77.6 Å². The number of carbonyl (C=O) groups excluding carboxylic acids is 1. The quantitative estimate of drug-likeness (QED) is 0.396. The van der Waals surface area contributed by atoms with E-state index in [0.717, 1.165) is 32.2 Å². The topological polar surface area (TPSA) is 66.4 Å². The maximum absolute atomic E-state index is 11.9. The highest BCUT2D eigenvalue weighted by atomic mass is 16.4. The number of unbranched alkanes of at least 4 members (excludes halogenated alkanes) is 7. The summed E-state index contributed by atoms with van der Waals surface area (Å²) in [4.78, 5) is 23.2. The van der Waals surface area contributed by atoms with E-state index in [2.05, 4.69) is 12.2 Å². The normalized spacial score (nSPS) is 19.3. The van der Waals surface area contributed by atoms with Gasteiger partial charge < -0.3 is 10.4 Å². The molecule has 4 heteroatoms. The van der Waals surface area contributed by atoms with Crippen LogP contribution in [0, 0.1) is 5.92 Å². The maximum atomic E-state index is 11.9. The highest BCUT2D eigenvalue weighted by Crippen LogP contribution is 2.15. The Morgan fingerprint density at radius 3 is 2.35 bits per heavy atom. The summed E-state index contributed by atoms with van der Waals surface area (Å²) in [7, 11) is 0. The van der Waals surface area contributed by atoms with E-state index in [0.29, 0.717) is 6.42 Å². The van der Waals surface area contributed by atoms with Gasteiger partial charge in [0.15, 0.2) is 5.78 Å². The minimum atomic E-state index is -0.823. The lowest BCUT2D eigenvalue weighted by atomic mass is 9.98. The number of carbonyl (C=O) groups is 2. The molecule has 1 unspecified atom stereocenters. The minimum Gasteiger partial charge on any atom is -0.481 e. The van der Waals surface area contributed by atoms with E-state index in [1.807, 2.05) is 0 Å². The summed E-state index contributed by atoms with van der Waals surface area (Å²) in [6, 6.07) is -0.108. The van der Waals surface area contributed by atoms with Crippen LogP contribution in [0.5, 0.6) is 0 Å². The van der Waals surface area contributed by atoms with Crippen molar-refractivity contribution >= 4 is 11.8 Å². The second-order valence-electron chi connectivity index (χ2n) is 6.62. The first-order valence-corrected chi connectivity index (χ1v) is 9.33. The molecule has 0 amide bonds. The zero-order valence-electron chi connectivity index (χ0n) is 14.6. The van der Waals surface area contributed by atoms with Gasteiger partial charge in [0.2, 0.25) is 0 Å². The number of aliphatic carboxylic acids is 1. The summed E-state index contributed by atoms with van der Waals surface area (Å²) in [5, 5.41) is 12.4. The summed E-state index contributed by atoms with van der Waals surface area (Å²) in [6.45, 7) is 3.10. The predicted molar refractivity (Wildman–Crippen MR) is 93.5 cm³/mol. The van der Waals surface area contributed by atoms with Crippen LogP contribution in [0.15, 0.2) is 12.2 Å². The molecular formula is C19H33NO3. The van der Waals surface area contributed by atoms with Crippen molar-refractivity contribution in [2.75, 3.05) is 6.54 Å². The van der Waals surface area contributed by atoms with Crippen molar-refractivity contribution in [3.8, 4) is 0 Å². The molecule has 2 N–H and O–H groups in total. The molecule has 0 aromatic rings. The van der Waals surface area contributed by atoms with Gasteiger partial charge in [0, 0.05) is 0 Å². The first-order chi connectivity index (χ1) is 11.1. The van der Waals surface area contributed by atoms with E-state index in [9.17, 15) is 14.7 Å². The average Bonchev–Trinajstić information content (AvgIpc) is 3.06. The molecule has 0 aromatic heterocycles. The Morgan fingerprint density at radius 2 is 1.78 bits per heavy atom. The molecule has 1 fully saturated rings. The van der Waals surface area contributed by atoms with Crippen LogP contribution >= 0.6 is 0 Å². The van der Waals surface area contributed by atoms with E-state index in [4.69, 9.17) is 0 Å². The number of hydrogen-bond acceptors (Lipinski definition) is 3. The highest BCUT2D eigenvalue weighted by molar-refractivity contribution is 5.95. The summed E-state index contributed by atoms with van der Waals surface area (Å²) in [6.07, 6.45) is 15.2. The van der Waals surface area contributed by atoms with E-state index in [1.54, 1.807) is 6.08 Å². The van der Waals surface area contributed by atoms with Crippen LogP contribution in [-0.2, 0) is 9.59 Å². The zero-order valence-corrected chi connectivity index (χ0v) is 14.6. The van der Waals surface area contributed by atoms with E-state index < -0.39 is 11.9 Å². The summed E-state index contributed by atoms with van der Waals surface area (Å²) < 4.78 is 0. The Balaban J connectivity index is 2.19. The lowest BCUT2D eigenvalue weighted by Gasteiger charge is -2.09. The Labute approximate surface area is 140 Å². The zero-order chi connectivity index (χ0) is 16.9. The van der Waals surface area contributed by atoms with Gasteiger partial charge in [-0.05, 0) is 31.9 Å². The number of hydrogen-bond donors (Lipinski definition) is 2. The van der Waals surface area contributed by atoms with Crippen LogP contribution in [0.2, 0.25) is 0 Å². The number of carboxylic acids is 1. The third-order valence-corrected chi connectivity index (χ3v) is 4.58. The van der Waals surface area contributed by atoms with Crippen molar-refractivity contribution in [1.29, 1.82) is 0 Å². The Kier molecular flexibility index (Phi) is 10.6. The lowest BCUT2D eigenvalue weighted by Crippen LogP contribution is -2.29. The van der Waals surface area contributed by atoms with Crippen molar-refractivity contribution in [2.45, 2.75) is 83.6 Å². The fourth-order valence-electron chi connectivity index (χ4n) is 3.05. The van der Waals surface area contributed by atoms with Crippen molar-refractivity contribution in [3.63, 3.8) is 0 Å². The molecule has 4 nitrogen and oxygen atoms in total. The molecule has 132 valence electrons. The van der Waals surface area contributed by atoms with Crippen molar-refractivity contribution in [3.05, 3.63) is 12.2 Å². The molecule has 0 spiro atoms. The fraction of sp³-hybridized carbons (Fsp3) is 0.789. The first-order valence-electron chi connectivity index (χ1n) is 9.33. The summed E-state index contributed by atoms with van der Waals surface area (Å²) in [5.74, 6) is -1.33. The largest absolute Gasteiger partial charge is 0.481 e. The fourth-order valence-corrected chi connectivity index (χ4v) is 3.05. The van der Waals surface area contributed by atoms with E-state index in [-0.39, 0.29) is 11.8 Å². The highest BCUT2D eigenvalue weighted by Gasteiger charge is 2.20. The van der Waals surface area contributed by atoms with Gasteiger partial charge in [-0.25, -0.2) is 0 Å². The molecule has 0 aromatic carbocycles. The third kappa shape index (κ3) is 8.89. The molecule has 0 bridgehead atoms. The molecule has 2 atom stereocenters. The molecule has 0 radical (unpaired) electrons. The SMILES string of the molecule is CCCCCCCCCCC(C=CC(=O)[C@@H]1CCCN1)C(=O)O. The van der Waals surface area contributed by atoms with Gasteiger partial charge in [-0.3, -0.25) is 9.59 Å². The first kappa shape index (κ1) is 19.9. The van der Waals surface area contributed by atoms with E-state index >= 15 is 0 Å². The Morgan fingerprint density at radius 1 is 1.13 bits per heavy atom. The van der Waals surface area contributed by atoms with Gasteiger partial charge in [0.25, 0.3) is 0 Å². The second kappa shape index (κ2) is 12.3. The van der Waals surface area contributed by atoms with Crippen LogP contribution in [-0.4, -0.2) is 29.4 Å². The van der Waals surface area contributed by atoms with Gasteiger partial charge in [-0.15, -0.1) is 0 Å². The van der Waals surface area contributed by atoms with Crippen molar-refractivity contribution in [1.82, 2.24) is 5.32 Å². The van der Waals surface area contributed by atoms with E-state index in [1.165, 1.54) is 44.6 Å². The molecule has 23 heavy (non-hydrogen) atoms. The molecular weight excluding hydrogens is 290 g/mol. The molecule has 0 aliphatic carbocycles. The van der Waals surface area contributed by atoms with Crippen LogP contribution < -0.4 is 5.32 Å². The molecule has 0 saturated carbocycles. The maximum Gasteiger partial charge on any atom is 0.310 e. The predicted octanol–water partition coefficient (Wildman–Crippen LogP) is 4.10. The molecule has 1 aliphatic rings. The third-order valence-electron chi connectivity index (χ3n) is 4.58. The summed E-state index contributed by atoms with van der Waals surface area (Å²) >= 11 is 0. The van der Waals surface area contributed by atoms with Crippen molar-refractivity contribution in [2.24, 2.45) is 5.92 Å². The summed E-state index contributed by atoms with van der Waals surface area (Å²) in [5.41, 5.74) is 0. The second-order valence-corrected chi connectivity index (χ2v) is 6.62. The standard InChI is InChI=1S/C19H33NO3/c1-2-3-4-5-6-7-8-9-11-16(19(22)23)13-14-18(21)17-12-10-15-20-17/h13-14,16-17,20H,2-12,15H2,1H3,(H,22,23)/t16?,17-/m0/s1. The van der Waals surface area contributed by atoms with Crippen molar-refractivity contribution < 1.29 is 14.7 Å². The van der Waals surface area contributed by atoms with Crippen LogP contribution in [0.4, 0.5) is 0 Å². The molecule has 1 rings (SSSR count). The van der Waals surface area contributed by atoms with Gasteiger partial charge in [-0.1, -0.05) is 64.4 Å².